The van der Waals surface area contributed by atoms with E-state index in [0.717, 1.165) is 20.7 Å². The van der Waals surface area contributed by atoms with Gasteiger partial charge in [-0.05, 0) is 43.7 Å². The van der Waals surface area contributed by atoms with Crippen LogP contribution in [0.2, 0.25) is 0 Å². The minimum Gasteiger partial charge on any atom is -0.350 e. The zero-order valence-electron chi connectivity index (χ0n) is 14.8. The molecule has 6 nitrogen and oxygen atoms in total. The zero-order valence-corrected chi connectivity index (χ0v) is 15.6. The lowest BCUT2D eigenvalue weighted by Gasteiger charge is -2.09. The van der Waals surface area contributed by atoms with E-state index in [2.05, 4.69) is 10.4 Å². The van der Waals surface area contributed by atoms with E-state index < -0.39 is 0 Å². The Morgan fingerprint density at radius 2 is 1.93 bits per heavy atom. The lowest BCUT2D eigenvalue weighted by molar-refractivity contribution is -0.122. The van der Waals surface area contributed by atoms with Crippen molar-refractivity contribution in [2.45, 2.75) is 26.9 Å². The largest absolute Gasteiger partial charge is 0.350 e. The lowest BCUT2D eigenvalue weighted by Crippen LogP contribution is -2.34. The SMILES string of the molecule is Cc1cc2c(cc3c(=O)n(CC(=O)NCc4ccc(F)cc4)nc(C)n32)s1. The Morgan fingerprint density at radius 1 is 1.19 bits per heavy atom. The van der Waals surface area contributed by atoms with Crippen LogP contribution < -0.4 is 10.9 Å². The smallest absolute Gasteiger partial charge is 0.291 e. The third kappa shape index (κ3) is 3.23. The number of rotatable bonds is 4. The Hall–Kier alpha value is -3.00. The molecule has 1 N–H and O–H groups in total. The first-order valence-corrected chi connectivity index (χ1v) is 9.24. The molecule has 0 unspecified atom stereocenters. The molecule has 1 aromatic carbocycles. The Labute approximate surface area is 157 Å². The highest BCUT2D eigenvalue weighted by Crippen LogP contribution is 2.27. The monoisotopic (exact) mass is 384 g/mol. The highest BCUT2D eigenvalue weighted by molar-refractivity contribution is 7.19. The van der Waals surface area contributed by atoms with Gasteiger partial charge in [0.25, 0.3) is 5.56 Å². The van der Waals surface area contributed by atoms with Crippen LogP contribution in [0.5, 0.6) is 0 Å². The summed E-state index contributed by atoms with van der Waals surface area (Å²) in [6.07, 6.45) is 0. The molecule has 27 heavy (non-hydrogen) atoms. The molecule has 3 heterocycles. The number of hydrogen-bond acceptors (Lipinski definition) is 4. The van der Waals surface area contributed by atoms with E-state index in [0.29, 0.717) is 11.3 Å². The number of aryl methyl sites for hydroxylation is 2. The summed E-state index contributed by atoms with van der Waals surface area (Å²) in [6, 6.07) is 9.75. The van der Waals surface area contributed by atoms with Crippen molar-refractivity contribution >= 4 is 33.0 Å². The lowest BCUT2D eigenvalue weighted by atomic mass is 10.2. The first kappa shape index (κ1) is 17.4. The van der Waals surface area contributed by atoms with Crippen molar-refractivity contribution in [1.29, 1.82) is 0 Å². The van der Waals surface area contributed by atoms with Gasteiger partial charge >= 0.3 is 0 Å². The van der Waals surface area contributed by atoms with E-state index in [1.165, 1.54) is 16.8 Å². The molecule has 3 aromatic heterocycles. The zero-order chi connectivity index (χ0) is 19.1. The van der Waals surface area contributed by atoms with Gasteiger partial charge in [-0.15, -0.1) is 11.3 Å². The van der Waals surface area contributed by atoms with Gasteiger partial charge in [0.15, 0.2) is 0 Å². The number of thiophene rings is 1. The van der Waals surface area contributed by atoms with Crippen molar-refractivity contribution < 1.29 is 9.18 Å². The van der Waals surface area contributed by atoms with Crippen molar-refractivity contribution in [2.75, 3.05) is 0 Å². The molecule has 0 aliphatic carbocycles. The van der Waals surface area contributed by atoms with Crippen molar-refractivity contribution in [3.8, 4) is 0 Å². The normalized spacial score (nSPS) is 11.4. The Morgan fingerprint density at radius 3 is 2.67 bits per heavy atom. The van der Waals surface area contributed by atoms with Crippen LogP contribution in [0.1, 0.15) is 16.3 Å². The van der Waals surface area contributed by atoms with Crippen LogP contribution in [-0.4, -0.2) is 20.1 Å². The van der Waals surface area contributed by atoms with Gasteiger partial charge in [-0.1, -0.05) is 12.1 Å². The summed E-state index contributed by atoms with van der Waals surface area (Å²) in [5.41, 5.74) is 1.94. The van der Waals surface area contributed by atoms with E-state index in [-0.39, 0.29) is 30.4 Å². The summed E-state index contributed by atoms with van der Waals surface area (Å²) in [7, 11) is 0. The molecule has 0 radical (unpaired) electrons. The van der Waals surface area contributed by atoms with Gasteiger partial charge in [-0.3, -0.25) is 14.0 Å². The maximum absolute atomic E-state index is 12.9. The topological polar surface area (TPSA) is 68.4 Å². The first-order valence-electron chi connectivity index (χ1n) is 8.43. The van der Waals surface area contributed by atoms with Crippen LogP contribution in [0.15, 0.2) is 41.2 Å². The minimum absolute atomic E-state index is 0.171. The third-order valence-corrected chi connectivity index (χ3v) is 5.34. The number of carbonyl (C=O) groups is 1. The summed E-state index contributed by atoms with van der Waals surface area (Å²) in [4.78, 5) is 26.1. The summed E-state index contributed by atoms with van der Waals surface area (Å²) in [5, 5.41) is 7.03. The standard InChI is InChI=1S/C19H17FN4O2S/c1-11-7-15-17(27-11)8-16-19(26)23(22-12(2)24(15)16)10-18(25)21-9-13-3-5-14(20)6-4-13/h3-8H,9-10H2,1-2H3,(H,21,25). The van der Waals surface area contributed by atoms with Crippen LogP contribution in [0.25, 0.3) is 15.7 Å². The highest BCUT2D eigenvalue weighted by Gasteiger charge is 2.15. The van der Waals surface area contributed by atoms with Crippen molar-refractivity contribution in [2.24, 2.45) is 0 Å². The fourth-order valence-corrected chi connectivity index (χ4v) is 4.06. The minimum atomic E-state index is -0.332. The van der Waals surface area contributed by atoms with E-state index in [9.17, 15) is 14.0 Å². The second-order valence-corrected chi connectivity index (χ2v) is 7.67. The fourth-order valence-electron chi connectivity index (χ4n) is 3.12. The van der Waals surface area contributed by atoms with Crippen molar-refractivity contribution in [3.63, 3.8) is 0 Å². The van der Waals surface area contributed by atoms with Gasteiger partial charge in [0.1, 0.15) is 23.7 Å². The number of aromatic nitrogens is 3. The second-order valence-electron chi connectivity index (χ2n) is 6.38. The van der Waals surface area contributed by atoms with Gasteiger partial charge in [0, 0.05) is 11.4 Å². The maximum atomic E-state index is 12.9. The predicted molar refractivity (Wildman–Crippen MR) is 103 cm³/mol. The van der Waals surface area contributed by atoms with Crippen LogP contribution in [0, 0.1) is 19.7 Å². The van der Waals surface area contributed by atoms with Crippen LogP contribution >= 0.6 is 11.3 Å². The van der Waals surface area contributed by atoms with Gasteiger partial charge in [0.05, 0.1) is 10.2 Å². The van der Waals surface area contributed by atoms with E-state index in [1.54, 1.807) is 23.5 Å². The van der Waals surface area contributed by atoms with Gasteiger partial charge in [-0.25, -0.2) is 9.07 Å². The van der Waals surface area contributed by atoms with Crippen LogP contribution in [-0.2, 0) is 17.9 Å². The number of fused-ring (bicyclic) bond motifs is 3. The summed E-state index contributed by atoms with van der Waals surface area (Å²) < 4.78 is 17.0. The number of benzene rings is 1. The van der Waals surface area contributed by atoms with Crippen molar-refractivity contribution in [1.82, 2.24) is 19.5 Å². The summed E-state index contributed by atoms with van der Waals surface area (Å²) in [6.45, 7) is 3.92. The molecule has 138 valence electrons. The summed E-state index contributed by atoms with van der Waals surface area (Å²) >= 11 is 1.62. The van der Waals surface area contributed by atoms with Crippen LogP contribution in [0.3, 0.4) is 0 Å². The molecular formula is C19H17FN4O2S. The number of halogens is 1. The molecule has 1 amide bonds. The Kier molecular flexibility index (Phi) is 4.27. The average Bonchev–Trinajstić information content (AvgIpc) is 3.15. The molecule has 0 aliphatic rings. The average molecular weight is 384 g/mol. The number of carbonyl (C=O) groups excluding carboxylic acids is 1. The predicted octanol–water partition coefficient (Wildman–Crippen LogP) is 2.78. The molecule has 4 rings (SSSR count). The molecule has 0 aliphatic heterocycles. The van der Waals surface area contributed by atoms with E-state index in [4.69, 9.17) is 0 Å². The van der Waals surface area contributed by atoms with E-state index in [1.807, 2.05) is 30.4 Å². The molecule has 0 spiro atoms. The molecule has 8 heteroatoms. The molecule has 0 bridgehead atoms. The molecule has 0 saturated carbocycles. The second kappa shape index (κ2) is 6.62. The molecular weight excluding hydrogens is 367 g/mol. The first-order chi connectivity index (χ1) is 12.9. The fraction of sp³-hybridized carbons (Fsp3) is 0.211. The molecule has 4 aromatic rings. The van der Waals surface area contributed by atoms with Crippen LogP contribution in [0.4, 0.5) is 4.39 Å². The molecule has 0 atom stereocenters. The van der Waals surface area contributed by atoms with Crippen molar-refractivity contribution in [3.05, 3.63) is 68.8 Å². The quantitative estimate of drug-likeness (QED) is 0.588. The Bertz CT molecular complexity index is 1220. The van der Waals surface area contributed by atoms with Gasteiger partial charge < -0.3 is 5.32 Å². The number of nitrogens with one attached hydrogen (secondary N) is 1. The third-order valence-electron chi connectivity index (χ3n) is 4.35. The van der Waals surface area contributed by atoms with E-state index >= 15 is 0 Å². The van der Waals surface area contributed by atoms with Gasteiger partial charge in [-0.2, -0.15) is 5.10 Å². The van der Waals surface area contributed by atoms with Gasteiger partial charge in [0.2, 0.25) is 5.91 Å². The maximum Gasteiger partial charge on any atom is 0.291 e. The molecule has 0 saturated heterocycles. The number of hydrogen-bond donors (Lipinski definition) is 1. The Balaban J connectivity index is 1.58. The highest BCUT2D eigenvalue weighted by atomic mass is 32.1. The number of amides is 1. The summed E-state index contributed by atoms with van der Waals surface area (Å²) in [5.74, 6) is -0.0162. The molecule has 0 fully saturated rings. The number of nitrogens with zero attached hydrogens (tertiary/aromatic N) is 3.